The summed E-state index contributed by atoms with van der Waals surface area (Å²) < 4.78 is 9.96. The number of furan rings is 1. The number of aryl methyl sites for hydroxylation is 1. The SMILES string of the molecule is CCCCc1ccc(N2C3=C(B4c5c2cc2c(oc6ccccc62)c5-c2cccc5c6cc7ccccc7cc6n4c25)C(C)(C)c2cc4c(cc23)C(C)(C)CCC4(C)C)c(-c2ccccc2)c1. The molecule has 0 amide bonds. The molecule has 0 saturated carbocycles. The van der Waals surface area contributed by atoms with Crippen LogP contribution in [0.2, 0.25) is 0 Å². The van der Waals surface area contributed by atoms with Gasteiger partial charge in [0.25, 0.3) is 0 Å². The lowest BCUT2D eigenvalue weighted by Crippen LogP contribution is -2.52. The van der Waals surface area contributed by atoms with E-state index in [9.17, 15) is 0 Å². The Kier molecular flexibility index (Phi) is 7.90. The molecule has 0 unspecified atom stereocenters. The van der Waals surface area contributed by atoms with Gasteiger partial charge in [-0.25, -0.2) is 0 Å². The molecule has 10 aromatic rings. The van der Waals surface area contributed by atoms with Crippen LogP contribution in [0.25, 0.3) is 82.5 Å². The van der Waals surface area contributed by atoms with Gasteiger partial charge in [-0.15, -0.1) is 0 Å². The fraction of sp³-hybridized carbons (Fsp3) is 0.238. The van der Waals surface area contributed by atoms with E-state index in [1.54, 1.807) is 0 Å². The highest BCUT2D eigenvalue weighted by Gasteiger charge is 2.55. The first-order valence-electron chi connectivity index (χ1n) is 24.8. The predicted molar refractivity (Wildman–Crippen MR) is 285 cm³/mol. The third-order valence-electron chi connectivity index (χ3n) is 17.0. The third kappa shape index (κ3) is 5.19. The molecule has 4 heterocycles. The highest BCUT2D eigenvalue weighted by atomic mass is 16.3. The molecule has 67 heavy (non-hydrogen) atoms. The van der Waals surface area contributed by atoms with Gasteiger partial charge in [-0.3, -0.25) is 0 Å². The third-order valence-corrected chi connectivity index (χ3v) is 17.0. The van der Waals surface area contributed by atoms with Gasteiger partial charge >= 0.3 is 6.85 Å². The van der Waals surface area contributed by atoms with E-state index < -0.39 is 0 Å². The Bertz CT molecular complexity index is 3840. The summed E-state index contributed by atoms with van der Waals surface area (Å²) in [5.41, 5.74) is 23.1. The Labute approximate surface area is 393 Å². The second-order valence-electron chi connectivity index (χ2n) is 22.1. The lowest BCUT2D eigenvalue weighted by molar-refractivity contribution is 0.331. The van der Waals surface area contributed by atoms with Crippen molar-refractivity contribution in [2.45, 2.75) is 96.8 Å². The summed E-state index contributed by atoms with van der Waals surface area (Å²) in [4.78, 5) is 2.74. The van der Waals surface area contributed by atoms with Crippen molar-refractivity contribution in [3.8, 4) is 22.3 Å². The maximum Gasteiger partial charge on any atom is 0.329 e. The molecule has 2 aliphatic carbocycles. The van der Waals surface area contributed by atoms with Crippen molar-refractivity contribution in [2.24, 2.45) is 0 Å². The number of unbranched alkanes of at least 4 members (excludes halogenated alkanes) is 1. The summed E-state index contributed by atoms with van der Waals surface area (Å²) in [5, 5.41) is 7.45. The molecule has 0 radical (unpaired) electrons. The molecule has 0 saturated heterocycles. The number of fused-ring (bicyclic) bond motifs is 14. The number of anilines is 2. The second kappa shape index (κ2) is 13.4. The number of benzene rings is 8. The van der Waals surface area contributed by atoms with Gasteiger partial charge in [0.15, 0.2) is 0 Å². The van der Waals surface area contributed by atoms with Crippen LogP contribution in [0.1, 0.15) is 102 Å². The first kappa shape index (κ1) is 39.4. The van der Waals surface area contributed by atoms with Gasteiger partial charge in [0.1, 0.15) is 11.2 Å². The summed E-state index contributed by atoms with van der Waals surface area (Å²) in [6.07, 6.45) is 5.74. The summed E-state index contributed by atoms with van der Waals surface area (Å²) in [6, 6.07) is 55.9. The zero-order valence-corrected chi connectivity index (χ0v) is 39.8. The van der Waals surface area contributed by atoms with Gasteiger partial charge < -0.3 is 13.8 Å². The van der Waals surface area contributed by atoms with E-state index in [-0.39, 0.29) is 23.1 Å². The summed E-state index contributed by atoms with van der Waals surface area (Å²) in [5.74, 6) is 0. The van der Waals surface area contributed by atoms with E-state index in [1.807, 2.05) is 0 Å². The van der Waals surface area contributed by atoms with Crippen molar-refractivity contribution in [3.05, 3.63) is 179 Å². The molecule has 0 atom stereocenters. The number of allylic oxidation sites excluding steroid dienone is 1. The van der Waals surface area contributed by atoms with Crippen molar-refractivity contribution < 1.29 is 4.42 Å². The van der Waals surface area contributed by atoms with E-state index in [0.29, 0.717) is 0 Å². The Morgan fingerprint density at radius 1 is 0.582 bits per heavy atom. The van der Waals surface area contributed by atoms with Crippen LogP contribution in [-0.2, 0) is 22.7 Å². The zero-order valence-electron chi connectivity index (χ0n) is 39.8. The molecule has 14 rings (SSSR count). The fourth-order valence-corrected chi connectivity index (χ4v) is 13.4. The Hall–Kier alpha value is -6.78. The number of hydrogen-bond acceptors (Lipinski definition) is 2. The fourth-order valence-electron chi connectivity index (χ4n) is 13.4. The lowest BCUT2D eigenvalue weighted by Gasteiger charge is -2.43. The highest BCUT2D eigenvalue weighted by molar-refractivity contribution is 6.86. The van der Waals surface area contributed by atoms with E-state index in [1.165, 1.54) is 136 Å². The summed E-state index contributed by atoms with van der Waals surface area (Å²) in [7, 11) is 0. The van der Waals surface area contributed by atoms with Crippen molar-refractivity contribution in [1.82, 2.24) is 4.48 Å². The van der Waals surface area contributed by atoms with Crippen molar-refractivity contribution >= 4 is 83.9 Å². The molecule has 0 N–H and O–H groups in total. The Morgan fingerprint density at radius 3 is 2.09 bits per heavy atom. The molecular formula is C63H55BN2O. The van der Waals surface area contributed by atoms with Gasteiger partial charge in [-0.05, 0) is 129 Å². The van der Waals surface area contributed by atoms with Crippen LogP contribution in [0.4, 0.5) is 11.4 Å². The smallest absolute Gasteiger partial charge is 0.329 e. The molecule has 4 heteroatoms. The van der Waals surface area contributed by atoms with Crippen LogP contribution in [0, 0.1) is 0 Å². The minimum absolute atomic E-state index is 0.0452. The highest BCUT2D eigenvalue weighted by Crippen LogP contribution is 2.60. The average molecular weight is 867 g/mol. The van der Waals surface area contributed by atoms with Crippen LogP contribution in [0.5, 0.6) is 0 Å². The minimum Gasteiger partial charge on any atom is -0.455 e. The summed E-state index contributed by atoms with van der Waals surface area (Å²) in [6.45, 7) is 17.2. The number of para-hydroxylation sites is 2. The topological polar surface area (TPSA) is 21.3 Å². The summed E-state index contributed by atoms with van der Waals surface area (Å²) >= 11 is 0. The van der Waals surface area contributed by atoms with Crippen LogP contribution >= 0.6 is 0 Å². The van der Waals surface area contributed by atoms with Gasteiger partial charge in [-0.1, -0.05) is 158 Å². The van der Waals surface area contributed by atoms with Crippen molar-refractivity contribution in [2.75, 3.05) is 4.90 Å². The van der Waals surface area contributed by atoms with Crippen molar-refractivity contribution in [1.29, 1.82) is 0 Å². The molecule has 2 aromatic heterocycles. The molecule has 0 bridgehead atoms. The minimum atomic E-state index is -0.335. The van der Waals surface area contributed by atoms with Gasteiger partial charge in [0.2, 0.25) is 0 Å². The van der Waals surface area contributed by atoms with Crippen LogP contribution in [0.3, 0.4) is 0 Å². The standard InChI is InChI=1S/C63H55BN2O/c1-8-9-18-37-27-28-51(44(31-37)38-19-11-10-12-20-38)65-53-35-46-41-23-15-16-26-54(41)67-59(46)55-43-25-17-24-42-45-32-39-21-13-14-22-40(39)33-52(45)66(57(42)43)64(56(53)55)60-58(65)47-34-49-50(36-48(47)63(60,6)7)62(4,5)30-29-61(49,2)3/h10-17,19-28,31-36H,8-9,18,29-30H2,1-7H3. The van der Waals surface area contributed by atoms with E-state index >= 15 is 0 Å². The van der Waals surface area contributed by atoms with Crippen LogP contribution < -0.4 is 10.4 Å². The largest absolute Gasteiger partial charge is 0.455 e. The van der Waals surface area contributed by atoms with Gasteiger partial charge in [-0.2, -0.15) is 0 Å². The number of nitrogens with zero attached hydrogens (tertiary/aromatic N) is 2. The normalized spacial score (nSPS) is 17.2. The Balaban J connectivity index is 1.20. The molecule has 2 aliphatic heterocycles. The second-order valence-corrected chi connectivity index (χ2v) is 22.1. The lowest BCUT2D eigenvalue weighted by atomic mass is 9.40. The van der Waals surface area contributed by atoms with E-state index in [4.69, 9.17) is 4.42 Å². The number of aromatic nitrogens is 1. The van der Waals surface area contributed by atoms with E-state index in [0.717, 1.165) is 28.4 Å². The van der Waals surface area contributed by atoms with E-state index in [2.05, 4.69) is 203 Å². The first-order valence-corrected chi connectivity index (χ1v) is 24.8. The number of hydrogen-bond donors (Lipinski definition) is 0. The maximum atomic E-state index is 7.19. The van der Waals surface area contributed by atoms with Gasteiger partial charge in [0.05, 0.1) is 5.69 Å². The zero-order chi connectivity index (χ0) is 45.3. The average Bonchev–Trinajstić information content (AvgIpc) is 3.95. The molecule has 0 spiro atoms. The van der Waals surface area contributed by atoms with Crippen molar-refractivity contribution in [3.63, 3.8) is 0 Å². The number of rotatable bonds is 5. The quantitative estimate of drug-likeness (QED) is 0.161. The van der Waals surface area contributed by atoms with Crippen LogP contribution in [0.15, 0.2) is 155 Å². The maximum absolute atomic E-state index is 7.19. The first-order chi connectivity index (χ1) is 32.4. The molecular weight excluding hydrogens is 812 g/mol. The molecule has 0 fully saturated rings. The van der Waals surface area contributed by atoms with Crippen LogP contribution in [-0.4, -0.2) is 11.3 Å². The monoisotopic (exact) mass is 866 g/mol. The molecule has 3 nitrogen and oxygen atoms in total. The predicted octanol–water partition coefficient (Wildman–Crippen LogP) is 16.3. The Morgan fingerprint density at radius 2 is 1.30 bits per heavy atom. The molecule has 4 aliphatic rings. The van der Waals surface area contributed by atoms with Gasteiger partial charge in [0, 0.05) is 71.6 Å². The molecule has 8 aromatic carbocycles. The molecule has 326 valence electrons.